The van der Waals surface area contributed by atoms with Crippen LogP contribution < -0.4 is 5.73 Å². The van der Waals surface area contributed by atoms with Crippen LogP contribution in [0.2, 0.25) is 5.02 Å². The van der Waals surface area contributed by atoms with Gasteiger partial charge in [0.2, 0.25) is 5.95 Å². The molecule has 0 aliphatic carbocycles. The zero-order valence-corrected chi connectivity index (χ0v) is 12.8. The monoisotopic (exact) mass is 316 g/mol. The summed E-state index contributed by atoms with van der Waals surface area (Å²) in [7, 11) is 1.35. The summed E-state index contributed by atoms with van der Waals surface area (Å²) < 4.78 is 6.37. The molecule has 6 nitrogen and oxygen atoms in total. The molecule has 0 saturated carbocycles. The van der Waals surface area contributed by atoms with Gasteiger partial charge in [0, 0.05) is 16.8 Å². The van der Waals surface area contributed by atoms with Crippen molar-refractivity contribution in [3.63, 3.8) is 0 Å². The lowest BCUT2D eigenvalue weighted by molar-refractivity contribution is 0.0600. The Morgan fingerprint density at radius 1 is 1.36 bits per heavy atom. The molecule has 7 heteroatoms. The van der Waals surface area contributed by atoms with Crippen molar-refractivity contribution in [2.24, 2.45) is 0 Å². The minimum absolute atomic E-state index is 0.197. The number of nitrogens with zero attached hydrogens (tertiary/aromatic N) is 3. The van der Waals surface area contributed by atoms with Crippen LogP contribution in [0.5, 0.6) is 0 Å². The first-order chi connectivity index (χ1) is 10.5. The van der Waals surface area contributed by atoms with Crippen LogP contribution in [-0.4, -0.2) is 27.7 Å². The predicted octanol–water partition coefficient (Wildman–Crippen LogP) is 2.73. The van der Waals surface area contributed by atoms with Crippen LogP contribution in [0, 0.1) is 6.92 Å². The fourth-order valence-corrected chi connectivity index (χ4v) is 2.62. The Morgan fingerprint density at radius 2 is 2.14 bits per heavy atom. The number of carbonyl (C=O) groups is 1. The minimum Gasteiger partial charge on any atom is -0.465 e. The lowest BCUT2D eigenvalue weighted by Crippen LogP contribution is -2.04. The fourth-order valence-electron chi connectivity index (χ4n) is 2.29. The molecular formula is C15H13ClN4O2. The first-order valence-electron chi connectivity index (χ1n) is 6.50. The van der Waals surface area contributed by atoms with E-state index in [1.54, 1.807) is 28.9 Å². The molecule has 0 unspecified atom stereocenters. The van der Waals surface area contributed by atoms with Gasteiger partial charge >= 0.3 is 5.97 Å². The maximum Gasteiger partial charge on any atom is 0.338 e. The molecule has 112 valence electrons. The second-order valence-corrected chi connectivity index (χ2v) is 5.23. The number of esters is 1. The number of hydrogen-bond donors (Lipinski definition) is 1. The van der Waals surface area contributed by atoms with Gasteiger partial charge in [-0.1, -0.05) is 11.6 Å². The molecule has 3 rings (SSSR count). The van der Waals surface area contributed by atoms with Gasteiger partial charge in [-0.25, -0.2) is 9.31 Å². The topological polar surface area (TPSA) is 82.5 Å². The summed E-state index contributed by atoms with van der Waals surface area (Å²) in [6.45, 7) is 1.81. The zero-order valence-electron chi connectivity index (χ0n) is 12.0. The first kappa shape index (κ1) is 14.3. The Balaban J connectivity index is 2.18. The molecule has 3 aromatic rings. The second-order valence-electron chi connectivity index (χ2n) is 4.83. The standard InChI is InChI=1S/C15H13ClN4O2/c1-8-5-12(16)11(7-10(8)14(21)22-2)9-3-4-20-13(6-9)18-15(17)19-20/h3-7H,1-2H3,(H2,17,19). The molecule has 0 aliphatic rings. The van der Waals surface area contributed by atoms with E-state index in [9.17, 15) is 4.79 Å². The number of carbonyl (C=O) groups excluding carboxylic acids is 1. The van der Waals surface area contributed by atoms with E-state index >= 15 is 0 Å². The number of halogens is 1. The number of nitrogen functional groups attached to an aromatic ring is 1. The number of aromatic nitrogens is 3. The molecule has 0 atom stereocenters. The van der Waals surface area contributed by atoms with Crippen molar-refractivity contribution in [1.29, 1.82) is 0 Å². The Morgan fingerprint density at radius 3 is 2.86 bits per heavy atom. The van der Waals surface area contributed by atoms with Crippen LogP contribution in [0.25, 0.3) is 16.8 Å². The van der Waals surface area contributed by atoms with Gasteiger partial charge in [-0.15, -0.1) is 5.10 Å². The first-order valence-corrected chi connectivity index (χ1v) is 6.88. The summed E-state index contributed by atoms with van der Waals surface area (Å²) in [4.78, 5) is 16.0. The number of fused-ring (bicyclic) bond motifs is 1. The molecule has 0 spiro atoms. The van der Waals surface area contributed by atoms with Gasteiger partial charge in [-0.3, -0.25) is 0 Å². The van der Waals surface area contributed by atoms with E-state index in [1.807, 2.05) is 13.0 Å². The second kappa shape index (κ2) is 5.31. The molecule has 22 heavy (non-hydrogen) atoms. The van der Waals surface area contributed by atoms with Crippen molar-refractivity contribution in [1.82, 2.24) is 14.6 Å². The molecule has 0 saturated heterocycles. The highest BCUT2D eigenvalue weighted by Gasteiger charge is 2.15. The third kappa shape index (κ3) is 2.37. The zero-order chi connectivity index (χ0) is 15.9. The van der Waals surface area contributed by atoms with Crippen LogP contribution >= 0.6 is 11.6 Å². The minimum atomic E-state index is -0.400. The summed E-state index contributed by atoms with van der Waals surface area (Å²) in [5.74, 6) is -0.203. The molecule has 2 aromatic heterocycles. The third-order valence-electron chi connectivity index (χ3n) is 3.38. The summed E-state index contributed by atoms with van der Waals surface area (Å²) in [6, 6.07) is 7.10. The number of anilines is 1. The maximum atomic E-state index is 11.8. The Hall–Kier alpha value is -2.60. The van der Waals surface area contributed by atoms with E-state index in [4.69, 9.17) is 22.1 Å². The van der Waals surface area contributed by atoms with Gasteiger partial charge < -0.3 is 10.5 Å². The predicted molar refractivity (Wildman–Crippen MR) is 83.9 cm³/mol. The number of methoxy groups -OCH3 is 1. The van der Waals surface area contributed by atoms with Crippen LogP contribution in [0.3, 0.4) is 0 Å². The third-order valence-corrected chi connectivity index (χ3v) is 3.70. The Bertz CT molecular complexity index is 889. The van der Waals surface area contributed by atoms with Crippen LogP contribution in [-0.2, 0) is 4.74 Å². The van der Waals surface area contributed by atoms with Gasteiger partial charge in [0.1, 0.15) is 0 Å². The van der Waals surface area contributed by atoms with Crippen molar-refractivity contribution in [2.75, 3.05) is 12.8 Å². The average Bonchev–Trinajstić information content (AvgIpc) is 2.85. The SMILES string of the molecule is COC(=O)c1cc(-c2ccn3nc(N)nc3c2)c(Cl)cc1C. The van der Waals surface area contributed by atoms with E-state index in [0.717, 1.165) is 16.7 Å². The summed E-state index contributed by atoms with van der Waals surface area (Å²) in [6.07, 6.45) is 1.74. The summed E-state index contributed by atoms with van der Waals surface area (Å²) >= 11 is 6.32. The van der Waals surface area contributed by atoms with Gasteiger partial charge in [0.25, 0.3) is 0 Å². The van der Waals surface area contributed by atoms with Gasteiger partial charge in [0.15, 0.2) is 5.65 Å². The molecule has 1 aromatic carbocycles. The molecule has 0 aliphatic heterocycles. The van der Waals surface area contributed by atoms with Crippen molar-refractivity contribution < 1.29 is 9.53 Å². The molecule has 2 N–H and O–H groups in total. The van der Waals surface area contributed by atoms with Gasteiger partial charge in [-0.05, 0) is 42.3 Å². The fraction of sp³-hybridized carbons (Fsp3) is 0.133. The molecule has 0 amide bonds. The van der Waals surface area contributed by atoms with Crippen molar-refractivity contribution in [3.05, 3.63) is 46.6 Å². The number of benzene rings is 1. The van der Waals surface area contributed by atoms with E-state index in [2.05, 4.69) is 10.1 Å². The van der Waals surface area contributed by atoms with E-state index in [1.165, 1.54) is 7.11 Å². The lowest BCUT2D eigenvalue weighted by Gasteiger charge is -2.10. The Labute approximate surface area is 131 Å². The molecule has 0 fully saturated rings. The van der Waals surface area contributed by atoms with Gasteiger partial charge in [-0.2, -0.15) is 4.98 Å². The van der Waals surface area contributed by atoms with Crippen LogP contribution in [0.1, 0.15) is 15.9 Å². The average molecular weight is 317 g/mol. The van der Waals surface area contributed by atoms with E-state index < -0.39 is 5.97 Å². The number of hydrogen-bond acceptors (Lipinski definition) is 5. The lowest BCUT2D eigenvalue weighted by atomic mass is 10.00. The Kier molecular flexibility index (Phi) is 3.46. The van der Waals surface area contributed by atoms with Crippen molar-refractivity contribution in [3.8, 4) is 11.1 Å². The molecular weight excluding hydrogens is 304 g/mol. The van der Waals surface area contributed by atoms with Crippen LogP contribution in [0.15, 0.2) is 30.5 Å². The summed E-state index contributed by atoms with van der Waals surface area (Å²) in [5, 5.41) is 4.56. The highest BCUT2D eigenvalue weighted by atomic mass is 35.5. The van der Waals surface area contributed by atoms with E-state index in [-0.39, 0.29) is 5.95 Å². The highest BCUT2D eigenvalue weighted by Crippen LogP contribution is 2.31. The van der Waals surface area contributed by atoms with Crippen LogP contribution in [0.4, 0.5) is 5.95 Å². The number of pyridine rings is 1. The number of nitrogens with two attached hydrogens (primary N) is 1. The number of rotatable bonds is 2. The maximum absolute atomic E-state index is 11.8. The normalized spacial score (nSPS) is 10.9. The largest absolute Gasteiger partial charge is 0.465 e. The van der Waals surface area contributed by atoms with E-state index in [0.29, 0.717) is 16.2 Å². The quantitative estimate of drug-likeness (QED) is 0.735. The van der Waals surface area contributed by atoms with Crippen molar-refractivity contribution >= 4 is 29.2 Å². The molecule has 2 heterocycles. The molecule has 0 radical (unpaired) electrons. The van der Waals surface area contributed by atoms with Crippen molar-refractivity contribution in [2.45, 2.75) is 6.92 Å². The molecule has 0 bridgehead atoms. The highest BCUT2D eigenvalue weighted by molar-refractivity contribution is 6.33. The number of ether oxygens (including phenoxy) is 1. The number of aryl methyl sites for hydroxylation is 1. The van der Waals surface area contributed by atoms with Gasteiger partial charge in [0.05, 0.1) is 12.7 Å². The summed E-state index contributed by atoms with van der Waals surface area (Å²) in [5.41, 5.74) is 8.95. The smallest absolute Gasteiger partial charge is 0.338 e.